The minimum Gasteiger partial charge on any atom is -0.612 e. The van der Waals surface area contributed by atoms with Gasteiger partial charge in [-0.3, -0.25) is 0 Å². The van der Waals surface area contributed by atoms with Gasteiger partial charge in [-0.05, 0) is 28.2 Å². The maximum Gasteiger partial charge on any atom is 0.342 e. The molecule has 1 atom stereocenters. The van der Waals surface area contributed by atoms with Crippen molar-refractivity contribution in [3.05, 3.63) is 45.4 Å². The van der Waals surface area contributed by atoms with Gasteiger partial charge in [-0.1, -0.05) is 11.6 Å². The van der Waals surface area contributed by atoms with E-state index in [-0.39, 0.29) is 12.4 Å². The van der Waals surface area contributed by atoms with Crippen molar-refractivity contribution in [1.82, 2.24) is 9.55 Å². The molecule has 112 valence electrons. The number of aromatic nitrogens is 2. The van der Waals surface area contributed by atoms with E-state index in [0.29, 0.717) is 21.5 Å². The Balaban J connectivity index is 2.10. The molecule has 0 N–H and O–H groups in total. The van der Waals surface area contributed by atoms with Crippen LogP contribution in [0.15, 0.2) is 29.3 Å². The molecular formula is C12H12ClN3O4S. The van der Waals surface area contributed by atoms with Gasteiger partial charge in [-0.2, -0.15) is 0 Å². The number of nitro groups is 1. The van der Waals surface area contributed by atoms with Gasteiger partial charge in [0.15, 0.2) is 11.5 Å². The normalized spacial score (nSPS) is 12.2. The topological polar surface area (TPSA) is 93.2 Å². The number of rotatable bonds is 5. The molecule has 0 aliphatic carbocycles. The van der Waals surface area contributed by atoms with Crippen molar-refractivity contribution in [3.63, 3.8) is 0 Å². The molecule has 0 radical (unpaired) electrons. The van der Waals surface area contributed by atoms with E-state index in [0.717, 1.165) is 0 Å². The first-order chi connectivity index (χ1) is 9.90. The Kier molecular flexibility index (Phi) is 4.71. The van der Waals surface area contributed by atoms with Crippen molar-refractivity contribution in [2.75, 3.05) is 6.26 Å². The number of nitrogens with zero attached hydrogens (tertiary/aromatic N) is 3. The van der Waals surface area contributed by atoms with Crippen molar-refractivity contribution in [1.29, 1.82) is 0 Å². The molecule has 1 heterocycles. The Bertz CT molecular complexity index is 675. The molecular weight excluding hydrogens is 318 g/mol. The highest BCUT2D eigenvalue weighted by atomic mass is 35.5. The van der Waals surface area contributed by atoms with Crippen LogP contribution in [-0.2, 0) is 24.8 Å². The van der Waals surface area contributed by atoms with Gasteiger partial charge in [0.2, 0.25) is 5.82 Å². The SMILES string of the molecule is Cn1c([N+](=O)[O-])cnc1COc1ccc([S+](C)[O-])c(Cl)c1. The zero-order chi connectivity index (χ0) is 15.6. The number of halogens is 1. The van der Waals surface area contributed by atoms with Gasteiger partial charge in [-0.15, -0.1) is 0 Å². The lowest BCUT2D eigenvalue weighted by Gasteiger charge is -2.09. The van der Waals surface area contributed by atoms with Crippen LogP contribution in [0.3, 0.4) is 0 Å². The zero-order valence-electron chi connectivity index (χ0n) is 11.3. The number of imidazole rings is 1. The van der Waals surface area contributed by atoms with Crippen molar-refractivity contribution in [2.24, 2.45) is 7.05 Å². The average molecular weight is 330 g/mol. The summed E-state index contributed by atoms with van der Waals surface area (Å²) >= 11 is 4.83. The van der Waals surface area contributed by atoms with Crippen molar-refractivity contribution in [2.45, 2.75) is 11.5 Å². The van der Waals surface area contributed by atoms with Gasteiger partial charge in [0.05, 0.1) is 12.1 Å². The van der Waals surface area contributed by atoms with E-state index in [1.807, 2.05) is 0 Å². The second-order valence-electron chi connectivity index (χ2n) is 4.18. The molecule has 0 bridgehead atoms. The molecule has 9 heteroatoms. The van der Waals surface area contributed by atoms with Crippen LogP contribution in [0.5, 0.6) is 5.75 Å². The predicted octanol–water partition coefficient (Wildman–Crippen LogP) is 2.30. The van der Waals surface area contributed by atoms with E-state index in [9.17, 15) is 14.7 Å². The van der Waals surface area contributed by atoms with E-state index in [1.54, 1.807) is 25.2 Å². The van der Waals surface area contributed by atoms with Crippen LogP contribution in [0.2, 0.25) is 5.02 Å². The standard InChI is InChI=1S/C12H12ClN3O4S/c1-15-11(14-6-12(15)16(17)18)7-20-8-3-4-10(21(2)19)9(13)5-8/h3-6H,7H2,1-2H3. The van der Waals surface area contributed by atoms with Crippen LogP contribution in [0.4, 0.5) is 5.82 Å². The maximum absolute atomic E-state index is 11.4. The van der Waals surface area contributed by atoms with E-state index in [4.69, 9.17) is 16.3 Å². The lowest BCUT2D eigenvalue weighted by atomic mass is 10.3. The summed E-state index contributed by atoms with van der Waals surface area (Å²) in [7, 11) is 1.54. The molecule has 2 rings (SSSR count). The molecule has 2 aromatic rings. The van der Waals surface area contributed by atoms with Gasteiger partial charge >= 0.3 is 5.82 Å². The van der Waals surface area contributed by atoms with Crippen LogP contribution in [0.25, 0.3) is 0 Å². The Morgan fingerprint density at radius 2 is 2.24 bits per heavy atom. The number of benzene rings is 1. The summed E-state index contributed by atoms with van der Waals surface area (Å²) in [4.78, 5) is 14.7. The highest BCUT2D eigenvalue weighted by molar-refractivity contribution is 7.90. The zero-order valence-corrected chi connectivity index (χ0v) is 12.8. The monoisotopic (exact) mass is 329 g/mol. The van der Waals surface area contributed by atoms with Gasteiger partial charge in [-0.25, -0.2) is 9.55 Å². The molecule has 1 aromatic carbocycles. The Morgan fingerprint density at radius 3 is 2.76 bits per heavy atom. The third-order valence-corrected chi connectivity index (χ3v) is 4.23. The summed E-state index contributed by atoms with van der Waals surface area (Å²) in [6.45, 7) is 0.0647. The molecule has 7 nitrogen and oxygen atoms in total. The molecule has 0 saturated heterocycles. The molecule has 0 saturated carbocycles. The third-order valence-electron chi connectivity index (χ3n) is 2.83. The van der Waals surface area contributed by atoms with E-state index in [2.05, 4.69) is 4.98 Å². The molecule has 1 aromatic heterocycles. The second-order valence-corrected chi connectivity index (χ2v) is 5.94. The first kappa shape index (κ1) is 15.6. The van der Waals surface area contributed by atoms with Gasteiger partial charge in [0.1, 0.15) is 18.2 Å². The summed E-state index contributed by atoms with van der Waals surface area (Å²) < 4.78 is 18.2. The molecule has 0 amide bonds. The Morgan fingerprint density at radius 1 is 1.52 bits per heavy atom. The molecule has 0 spiro atoms. The van der Waals surface area contributed by atoms with Gasteiger partial charge in [0.25, 0.3) is 0 Å². The van der Waals surface area contributed by atoms with Crippen molar-refractivity contribution >= 4 is 28.6 Å². The number of hydrogen-bond acceptors (Lipinski definition) is 5. The lowest BCUT2D eigenvalue weighted by molar-refractivity contribution is -0.391. The summed E-state index contributed by atoms with van der Waals surface area (Å²) in [5.41, 5.74) is 0. The molecule has 21 heavy (non-hydrogen) atoms. The maximum atomic E-state index is 11.4. The molecule has 0 aliphatic heterocycles. The smallest absolute Gasteiger partial charge is 0.342 e. The minimum absolute atomic E-state index is 0.0647. The predicted molar refractivity (Wildman–Crippen MR) is 78.0 cm³/mol. The molecule has 0 aliphatic rings. The third kappa shape index (κ3) is 3.46. The van der Waals surface area contributed by atoms with E-state index in [1.165, 1.54) is 17.0 Å². The minimum atomic E-state index is -1.17. The fourth-order valence-corrected chi connectivity index (χ4v) is 2.78. The summed E-state index contributed by atoms with van der Waals surface area (Å²) in [6.07, 6.45) is 2.71. The lowest BCUT2D eigenvalue weighted by Crippen LogP contribution is -2.06. The largest absolute Gasteiger partial charge is 0.612 e. The number of hydrogen-bond donors (Lipinski definition) is 0. The highest BCUT2D eigenvalue weighted by Gasteiger charge is 2.17. The second kappa shape index (κ2) is 6.33. The van der Waals surface area contributed by atoms with Crippen molar-refractivity contribution < 1.29 is 14.2 Å². The number of ether oxygens (including phenoxy) is 1. The Hall–Kier alpha value is -1.77. The summed E-state index contributed by atoms with van der Waals surface area (Å²) in [5.74, 6) is 0.782. The van der Waals surface area contributed by atoms with Crippen LogP contribution < -0.4 is 4.74 Å². The first-order valence-electron chi connectivity index (χ1n) is 5.81. The van der Waals surface area contributed by atoms with Crippen LogP contribution in [0, 0.1) is 10.1 Å². The van der Waals surface area contributed by atoms with Crippen molar-refractivity contribution in [3.8, 4) is 5.75 Å². The van der Waals surface area contributed by atoms with E-state index >= 15 is 0 Å². The molecule has 0 fully saturated rings. The van der Waals surface area contributed by atoms with Gasteiger partial charge < -0.3 is 19.4 Å². The van der Waals surface area contributed by atoms with Crippen LogP contribution >= 0.6 is 11.6 Å². The van der Waals surface area contributed by atoms with Crippen LogP contribution in [0.1, 0.15) is 5.82 Å². The Labute approximate surface area is 128 Å². The van der Waals surface area contributed by atoms with Crippen LogP contribution in [-0.4, -0.2) is 25.3 Å². The summed E-state index contributed by atoms with van der Waals surface area (Å²) in [6, 6.07) is 4.81. The molecule has 1 unspecified atom stereocenters. The first-order valence-corrected chi connectivity index (χ1v) is 7.74. The van der Waals surface area contributed by atoms with Gasteiger partial charge in [0, 0.05) is 6.07 Å². The average Bonchev–Trinajstić information content (AvgIpc) is 2.77. The fourth-order valence-electron chi connectivity index (χ4n) is 1.69. The summed E-state index contributed by atoms with van der Waals surface area (Å²) in [5, 5.41) is 11.1. The highest BCUT2D eigenvalue weighted by Crippen LogP contribution is 2.26. The quantitative estimate of drug-likeness (QED) is 0.476. The van der Waals surface area contributed by atoms with E-state index < -0.39 is 16.1 Å². The fraction of sp³-hybridized carbons (Fsp3) is 0.250.